The predicted molar refractivity (Wildman–Crippen MR) is 98.2 cm³/mol. The lowest BCUT2D eigenvalue weighted by molar-refractivity contribution is -0.385. The first-order chi connectivity index (χ1) is 12.4. The molecule has 0 bridgehead atoms. The number of aromatic nitrogens is 1. The van der Waals surface area contributed by atoms with E-state index < -0.39 is 10.9 Å². The number of nitro groups is 1. The van der Waals surface area contributed by atoms with Crippen molar-refractivity contribution < 1.29 is 19.6 Å². The first kappa shape index (κ1) is 19.1. The predicted octanol–water partition coefficient (Wildman–Crippen LogP) is 4.28. The molecule has 0 spiro atoms. The molecule has 2 rings (SSSR count). The van der Waals surface area contributed by atoms with Crippen molar-refractivity contribution >= 4 is 23.8 Å². The Bertz CT molecular complexity index is 813. The normalized spacial score (nSPS) is 11.0. The average Bonchev–Trinajstić information content (AvgIpc) is 2.60. The van der Waals surface area contributed by atoms with Gasteiger partial charge in [-0.05, 0) is 36.1 Å². The summed E-state index contributed by atoms with van der Waals surface area (Å²) in [5, 5.41) is 20.0. The minimum absolute atomic E-state index is 0.153. The molecule has 2 aromatic rings. The van der Waals surface area contributed by atoms with Crippen LogP contribution >= 0.6 is 0 Å². The first-order valence-electron chi connectivity index (χ1n) is 8.15. The van der Waals surface area contributed by atoms with Crippen molar-refractivity contribution in [2.45, 2.75) is 20.3 Å². The van der Waals surface area contributed by atoms with Gasteiger partial charge in [-0.3, -0.25) is 10.1 Å². The van der Waals surface area contributed by atoms with Crippen LogP contribution in [0.5, 0.6) is 5.75 Å². The minimum atomic E-state index is -1.27. The van der Waals surface area contributed by atoms with Gasteiger partial charge in [-0.1, -0.05) is 32.1 Å². The molecule has 136 valence electrons. The van der Waals surface area contributed by atoms with Gasteiger partial charge in [-0.25, -0.2) is 9.78 Å². The Balaban J connectivity index is 2.11. The van der Waals surface area contributed by atoms with Gasteiger partial charge in [0.2, 0.25) is 0 Å². The highest BCUT2D eigenvalue weighted by Gasteiger charge is 2.15. The molecule has 0 amide bonds. The van der Waals surface area contributed by atoms with E-state index in [1.807, 2.05) is 24.3 Å². The standard InChI is InChI=1S/C19H20N2O5/c1-13(2)9-10-26-16-6-3-14(4-7-16)5-8-18-17(19(22)23)11-15(12-20-18)21(24)25/h3-8,11-13H,9-10H2,1-2H3,(H,22,23). The zero-order valence-electron chi connectivity index (χ0n) is 14.6. The van der Waals surface area contributed by atoms with E-state index in [4.69, 9.17) is 4.74 Å². The molecule has 1 aromatic heterocycles. The molecule has 7 nitrogen and oxygen atoms in total. The van der Waals surface area contributed by atoms with Gasteiger partial charge < -0.3 is 9.84 Å². The fraction of sp³-hybridized carbons (Fsp3) is 0.263. The second-order valence-corrected chi connectivity index (χ2v) is 6.12. The van der Waals surface area contributed by atoms with Crippen molar-refractivity contribution in [1.29, 1.82) is 0 Å². The largest absolute Gasteiger partial charge is 0.494 e. The number of ether oxygens (including phenoxy) is 1. The van der Waals surface area contributed by atoms with E-state index in [1.54, 1.807) is 6.08 Å². The molecule has 0 fully saturated rings. The van der Waals surface area contributed by atoms with Crippen molar-refractivity contribution in [2.24, 2.45) is 5.92 Å². The van der Waals surface area contributed by atoms with Gasteiger partial charge in [0.25, 0.3) is 5.69 Å². The summed E-state index contributed by atoms with van der Waals surface area (Å²) in [4.78, 5) is 25.2. The van der Waals surface area contributed by atoms with Crippen LogP contribution in [-0.2, 0) is 0 Å². The van der Waals surface area contributed by atoms with Crippen LogP contribution in [0.1, 0.15) is 41.9 Å². The molecule has 0 unspecified atom stereocenters. The fourth-order valence-corrected chi connectivity index (χ4v) is 2.13. The molecular formula is C19H20N2O5. The second-order valence-electron chi connectivity index (χ2n) is 6.12. The summed E-state index contributed by atoms with van der Waals surface area (Å²) in [7, 11) is 0. The number of rotatable bonds is 8. The SMILES string of the molecule is CC(C)CCOc1ccc(C=Cc2ncc([N+](=O)[O-])cc2C(=O)O)cc1. The fourth-order valence-electron chi connectivity index (χ4n) is 2.13. The number of carboxylic acid groups (broad SMARTS) is 1. The van der Waals surface area contributed by atoms with Crippen LogP contribution in [0.3, 0.4) is 0 Å². The second kappa shape index (κ2) is 8.75. The smallest absolute Gasteiger partial charge is 0.338 e. The van der Waals surface area contributed by atoms with Crippen molar-refractivity contribution in [3.63, 3.8) is 0 Å². The minimum Gasteiger partial charge on any atom is -0.494 e. The van der Waals surface area contributed by atoms with Gasteiger partial charge in [0.1, 0.15) is 11.9 Å². The van der Waals surface area contributed by atoms with Crippen molar-refractivity contribution in [1.82, 2.24) is 4.98 Å². The number of hydrogen-bond donors (Lipinski definition) is 1. The Labute approximate surface area is 151 Å². The highest BCUT2D eigenvalue weighted by atomic mass is 16.6. The lowest BCUT2D eigenvalue weighted by atomic mass is 10.1. The van der Waals surface area contributed by atoms with Crippen molar-refractivity contribution in [3.05, 3.63) is 63.5 Å². The number of hydrogen-bond acceptors (Lipinski definition) is 5. The number of aromatic carboxylic acids is 1. The van der Waals surface area contributed by atoms with E-state index in [-0.39, 0.29) is 16.9 Å². The Hall–Kier alpha value is -3.22. The summed E-state index contributed by atoms with van der Waals surface area (Å²) >= 11 is 0. The summed E-state index contributed by atoms with van der Waals surface area (Å²) < 4.78 is 5.64. The molecule has 0 aliphatic heterocycles. The Morgan fingerprint density at radius 3 is 2.58 bits per heavy atom. The lowest BCUT2D eigenvalue weighted by Crippen LogP contribution is -2.03. The van der Waals surface area contributed by atoms with Gasteiger partial charge in [0.15, 0.2) is 0 Å². The molecule has 7 heteroatoms. The van der Waals surface area contributed by atoms with Crippen molar-refractivity contribution in [3.8, 4) is 5.75 Å². The van der Waals surface area contributed by atoms with E-state index in [9.17, 15) is 20.0 Å². The topological polar surface area (TPSA) is 103 Å². The summed E-state index contributed by atoms with van der Waals surface area (Å²) in [5.41, 5.74) is 0.407. The van der Waals surface area contributed by atoms with Crippen LogP contribution in [0, 0.1) is 16.0 Å². The number of nitrogens with zero attached hydrogens (tertiary/aromatic N) is 2. The summed E-state index contributed by atoms with van der Waals surface area (Å²) in [6, 6.07) is 8.35. The quantitative estimate of drug-likeness (QED) is 0.559. The molecule has 0 radical (unpaired) electrons. The first-order valence-corrected chi connectivity index (χ1v) is 8.15. The third-order valence-corrected chi connectivity index (χ3v) is 3.62. The van der Waals surface area contributed by atoms with Gasteiger partial charge in [-0.2, -0.15) is 0 Å². The molecule has 1 aromatic carbocycles. The van der Waals surface area contributed by atoms with Crippen LogP contribution in [0.25, 0.3) is 12.2 Å². The maximum absolute atomic E-state index is 11.3. The molecule has 0 aliphatic carbocycles. The zero-order valence-corrected chi connectivity index (χ0v) is 14.6. The molecule has 1 heterocycles. The van der Waals surface area contributed by atoms with Gasteiger partial charge >= 0.3 is 5.97 Å². The number of pyridine rings is 1. The number of carboxylic acids is 1. The summed E-state index contributed by atoms with van der Waals surface area (Å²) in [5.74, 6) is 0.0760. The van der Waals surface area contributed by atoms with E-state index in [0.29, 0.717) is 12.5 Å². The average molecular weight is 356 g/mol. The van der Waals surface area contributed by atoms with Gasteiger partial charge in [-0.15, -0.1) is 0 Å². The number of benzene rings is 1. The van der Waals surface area contributed by atoms with Gasteiger partial charge in [0, 0.05) is 6.07 Å². The van der Waals surface area contributed by atoms with E-state index >= 15 is 0 Å². The highest BCUT2D eigenvalue weighted by molar-refractivity contribution is 5.93. The monoisotopic (exact) mass is 356 g/mol. The lowest BCUT2D eigenvalue weighted by Gasteiger charge is -2.08. The van der Waals surface area contributed by atoms with E-state index in [1.165, 1.54) is 6.08 Å². The zero-order chi connectivity index (χ0) is 19.1. The molecule has 0 saturated carbocycles. The molecule has 26 heavy (non-hydrogen) atoms. The van der Waals surface area contributed by atoms with Crippen LogP contribution < -0.4 is 4.74 Å². The Kier molecular flexibility index (Phi) is 6.43. The molecule has 0 atom stereocenters. The summed E-state index contributed by atoms with van der Waals surface area (Å²) in [6.07, 6.45) is 5.23. The molecule has 0 aliphatic rings. The number of carbonyl (C=O) groups is 1. The third kappa shape index (κ3) is 5.41. The highest BCUT2D eigenvalue weighted by Crippen LogP contribution is 2.19. The molecular weight excluding hydrogens is 336 g/mol. The Morgan fingerprint density at radius 2 is 2.00 bits per heavy atom. The van der Waals surface area contributed by atoms with Crippen LogP contribution in [-0.4, -0.2) is 27.6 Å². The van der Waals surface area contributed by atoms with E-state index in [0.717, 1.165) is 30.0 Å². The maximum Gasteiger partial charge on any atom is 0.338 e. The molecule has 1 N–H and O–H groups in total. The van der Waals surface area contributed by atoms with Crippen molar-refractivity contribution in [2.75, 3.05) is 6.61 Å². The Morgan fingerprint density at radius 1 is 1.31 bits per heavy atom. The molecule has 0 saturated heterocycles. The maximum atomic E-state index is 11.3. The van der Waals surface area contributed by atoms with E-state index in [2.05, 4.69) is 18.8 Å². The van der Waals surface area contributed by atoms with Crippen LogP contribution in [0.4, 0.5) is 5.69 Å². The van der Waals surface area contributed by atoms with Gasteiger partial charge in [0.05, 0.1) is 22.8 Å². The third-order valence-electron chi connectivity index (χ3n) is 3.62. The van der Waals surface area contributed by atoms with Crippen LogP contribution in [0.15, 0.2) is 36.5 Å². The van der Waals surface area contributed by atoms with Crippen LogP contribution in [0.2, 0.25) is 0 Å². The summed E-state index contributed by atoms with van der Waals surface area (Å²) in [6.45, 7) is 4.92.